The highest BCUT2D eigenvalue weighted by atomic mass is 16.5. The van der Waals surface area contributed by atoms with Crippen LogP contribution in [0.2, 0.25) is 0 Å². The lowest BCUT2D eigenvalue weighted by Crippen LogP contribution is -2.20. The smallest absolute Gasteiger partial charge is 0.244 e. The number of hydrogen-bond donors (Lipinski definition) is 1. The van der Waals surface area contributed by atoms with Crippen molar-refractivity contribution in [2.24, 2.45) is 5.92 Å². The van der Waals surface area contributed by atoms with Crippen molar-refractivity contribution < 1.29 is 13.9 Å². The van der Waals surface area contributed by atoms with E-state index in [0.29, 0.717) is 24.8 Å². The first-order chi connectivity index (χ1) is 11.1. The van der Waals surface area contributed by atoms with Crippen LogP contribution >= 0.6 is 0 Å². The second-order valence-corrected chi connectivity index (χ2v) is 5.71. The highest BCUT2D eigenvalue weighted by Crippen LogP contribution is 2.18. The van der Waals surface area contributed by atoms with Crippen molar-refractivity contribution in [1.82, 2.24) is 5.32 Å². The van der Waals surface area contributed by atoms with Gasteiger partial charge in [0.15, 0.2) is 0 Å². The fourth-order valence-corrected chi connectivity index (χ4v) is 1.98. The topological polar surface area (TPSA) is 51.5 Å². The monoisotopic (exact) mass is 313 g/mol. The van der Waals surface area contributed by atoms with Crippen LogP contribution in [0.25, 0.3) is 6.08 Å². The summed E-state index contributed by atoms with van der Waals surface area (Å²) in [7, 11) is 0. The SMILES string of the molecule is CC(C)CCOc1ccccc1CNC(=O)/C=C/c1ccco1. The van der Waals surface area contributed by atoms with Gasteiger partial charge in [-0.2, -0.15) is 0 Å². The Balaban J connectivity index is 1.86. The molecule has 1 heterocycles. The van der Waals surface area contributed by atoms with Crippen LogP contribution in [-0.2, 0) is 11.3 Å². The molecule has 2 rings (SSSR count). The summed E-state index contributed by atoms with van der Waals surface area (Å²) in [6.07, 6.45) is 5.68. The minimum Gasteiger partial charge on any atom is -0.493 e. The van der Waals surface area contributed by atoms with E-state index in [2.05, 4.69) is 19.2 Å². The van der Waals surface area contributed by atoms with Gasteiger partial charge in [0.2, 0.25) is 5.91 Å². The van der Waals surface area contributed by atoms with Crippen LogP contribution in [0.5, 0.6) is 5.75 Å². The number of para-hydroxylation sites is 1. The van der Waals surface area contributed by atoms with Crippen molar-refractivity contribution in [3.8, 4) is 5.75 Å². The predicted octanol–water partition coefficient (Wildman–Crippen LogP) is 4.03. The number of benzene rings is 1. The van der Waals surface area contributed by atoms with E-state index in [-0.39, 0.29) is 5.91 Å². The van der Waals surface area contributed by atoms with Crippen LogP contribution < -0.4 is 10.1 Å². The summed E-state index contributed by atoms with van der Waals surface area (Å²) < 4.78 is 11.0. The molecule has 1 amide bonds. The number of rotatable bonds is 8. The summed E-state index contributed by atoms with van der Waals surface area (Å²) in [6.45, 7) is 5.45. The maximum atomic E-state index is 11.8. The highest BCUT2D eigenvalue weighted by Gasteiger charge is 2.05. The largest absolute Gasteiger partial charge is 0.493 e. The molecule has 4 nitrogen and oxygen atoms in total. The molecule has 0 aliphatic rings. The van der Waals surface area contributed by atoms with Crippen molar-refractivity contribution in [2.75, 3.05) is 6.61 Å². The van der Waals surface area contributed by atoms with E-state index in [1.54, 1.807) is 24.5 Å². The number of carbonyl (C=O) groups excluding carboxylic acids is 1. The molecule has 0 aliphatic carbocycles. The molecule has 1 aromatic carbocycles. The summed E-state index contributed by atoms with van der Waals surface area (Å²) in [6, 6.07) is 11.3. The van der Waals surface area contributed by atoms with Crippen LogP contribution in [0, 0.1) is 5.92 Å². The molecule has 0 atom stereocenters. The molecular weight excluding hydrogens is 290 g/mol. The fourth-order valence-electron chi connectivity index (χ4n) is 1.98. The third-order valence-electron chi connectivity index (χ3n) is 3.32. The van der Waals surface area contributed by atoms with E-state index < -0.39 is 0 Å². The number of nitrogens with one attached hydrogen (secondary N) is 1. The van der Waals surface area contributed by atoms with Gasteiger partial charge in [0.05, 0.1) is 12.9 Å². The number of carbonyl (C=O) groups is 1. The van der Waals surface area contributed by atoms with Crippen LogP contribution in [-0.4, -0.2) is 12.5 Å². The van der Waals surface area contributed by atoms with E-state index in [9.17, 15) is 4.79 Å². The van der Waals surface area contributed by atoms with Gasteiger partial charge in [-0.15, -0.1) is 0 Å². The van der Waals surface area contributed by atoms with E-state index in [0.717, 1.165) is 17.7 Å². The minimum absolute atomic E-state index is 0.168. The zero-order valence-corrected chi connectivity index (χ0v) is 13.6. The molecule has 4 heteroatoms. The van der Waals surface area contributed by atoms with Gasteiger partial charge in [-0.05, 0) is 36.6 Å². The van der Waals surface area contributed by atoms with Crippen LogP contribution in [0.15, 0.2) is 53.2 Å². The van der Waals surface area contributed by atoms with Gasteiger partial charge in [0.1, 0.15) is 11.5 Å². The summed E-state index contributed by atoms with van der Waals surface area (Å²) in [5, 5.41) is 2.85. The molecule has 0 unspecified atom stereocenters. The number of furan rings is 1. The van der Waals surface area contributed by atoms with Gasteiger partial charge < -0.3 is 14.5 Å². The predicted molar refractivity (Wildman–Crippen MR) is 91.0 cm³/mol. The first kappa shape index (κ1) is 16.9. The van der Waals surface area contributed by atoms with Crippen molar-refractivity contribution in [1.29, 1.82) is 0 Å². The Labute approximate surface area is 137 Å². The van der Waals surface area contributed by atoms with Gasteiger partial charge in [-0.3, -0.25) is 4.79 Å². The zero-order chi connectivity index (χ0) is 16.5. The number of hydrogen-bond acceptors (Lipinski definition) is 3. The summed E-state index contributed by atoms with van der Waals surface area (Å²) in [5.74, 6) is 1.91. The second kappa shape index (κ2) is 8.83. The lowest BCUT2D eigenvalue weighted by Gasteiger charge is -2.12. The third-order valence-corrected chi connectivity index (χ3v) is 3.32. The Morgan fingerprint density at radius 3 is 2.83 bits per heavy atom. The van der Waals surface area contributed by atoms with Crippen molar-refractivity contribution in [3.63, 3.8) is 0 Å². The summed E-state index contributed by atoms with van der Waals surface area (Å²) in [4.78, 5) is 11.8. The maximum Gasteiger partial charge on any atom is 0.244 e. The molecule has 0 saturated carbocycles. The van der Waals surface area contributed by atoms with Crippen molar-refractivity contribution >= 4 is 12.0 Å². The molecule has 0 aliphatic heterocycles. The lowest BCUT2D eigenvalue weighted by molar-refractivity contribution is -0.116. The second-order valence-electron chi connectivity index (χ2n) is 5.71. The molecule has 0 fully saturated rings. The molecule has 1 aromatic heterocycles. The Hall–Kier alpha value is -2.49. The Bertz CT molecular complexity index is 630. The third kappa shape index (κ3) is 6.02. The molecule has 122 valence electrons. The number of ether oxygens (including phenoxy) is 1. The van der Waals surface area contributed by atoms with E-state index >= 15 is 0 Å². The maximum absolute atomic E-state index is 11.8. The van der Waals surface area contributed by atoms with E-state index in [1.165, 1.54) is 6.08 Å². The minimum atomic E-state index is -0.168. The van der Waals surface area contributed by atoms with Gasteiger partial charge >= 0.3 is 0 Å². The highest BCUT2D eigenvalue weighted by molar-refractivity contribution is 5.91. The molecule has 0 radical (unpaired) electrons. The zero-order valence-electron chi connectivity index (χ0n) is 13.6. The first-order valence-electron chi connectivity index (χ1n) is 7.85. The average molecular weight is 313 g/mol. The Kier molecular flexibility index (Phi) is 6.48. The van der Waals surface area contributed by atoms with Gasteiger partial charge in [-0.25, -0.2) is 0 Å². The first-order valence-corrected chi connectivity index (χ1v) is 7.85. The van der Waals surface area contributed by atoms with Crippen LogP contribution in [0.4, 0.5) is 0 Å². The molecule has 23 heavy (non-hydrogen) atoms. The average Bonchev–Trinajstić information content (AvgIpc) is 3.05. The van der Waals surface area contributed by atoms with Gasteiger partial charge in [-0.1, -0.05) is 32.0 Å². The van der Waals surface area contributed by atoms with Gasteiger partial charge in [0, 0.05) is 18.2 Å². The quantitative estimate of drug-likeness (QED) is 0.748. The Morgan fingerprint density at radius 2 is 2.09 bits per heavy atom. The van der Waals surface area contributed by atoms with Gasteiger partial charge in [0.25, 0.3) is 0 Å². The standard InChI is InChI=1S/C19H23NO3/c1-15(2)11-13-23-18-8-4-3-6-16(18)14-20-19(21)10-9-17-7-5-12-22-17/h3-10,12,15H,11,13-14H2,1-2H3,(H,20,21)/b10-9+. The molecule has 0 bridgehead atoms. The molecule has 0 spiro atoms. The van der Waals surface area contributed by atoms with Crippen molar-refractivity contribution in [2.45, 2.75) is 26.8 Å². The fraction of sp³-hybridized carbons (Fsp3) is 0.316. The van der Waals surface area contributed by atoms with Crippen LogP contribution in [0.3, 0.4) is 0 Å². The summed E-state index contributed by atoms with van der Waals surface area (Å²) in [5.41, 5.74) is 0.969. The van der Waals surface area contributed by atoms with E-state index in [4.69, 9.17) is 9.15 Å². The summed E-state index contributed by atoms with van der Waals surface area (Å²) >= 11 is 0. The number of amides is 1. The molecular formula is C19H23NO3. The Morgan fingerprint density at radius 1 is 1.26 bits per heavy atom. The van der Waals surface area contributed by atoms with Crippen LogP contribution in [0.1, 0.15) is 31.6 Å². The molecule has 0 saturated heterocycles. The lowest BCUT2D eigenvalue weighted by atomic mass is 10.1. The normalized spacial score (nSPS) is 11.1. The van der Waals surface area contributed by atoms with E-state index in [1.807, 2.05) is 24.3 Å². The molecule has 1 N–H and O–H groups in total. The molecule has 2 aromatic rings. The van der Waals surface area contributed by atoms with Crippen molar-refractivity contribution in [3.05, 3.63) is 60.1 Å².